The summed E-state index contributed by atoms with van der Waals surface area (Å²) in [6, 6.07) is 18.7. The monoisotopic (exact) mass is 236 g/mol. The van der Waals surface area contributed by atoms with Crippen molar-refractivity contribution in [2.24, 2.45) is 0 Å². The van der Waals surface area contributed by atoms with Crippen LogP contribution >= 0.6 is 0 Å². The van der Waals surface area contributed by atoms with Crippen LogP contribution in [0.2, 0.25) is 0 Å². The van der Waals surface area contributed by atoms with Crippen molar-refractivity contribution in [1.29, 1.82) is 0 Å². The number of fused-ring (bicyclic) bond motifs is 1. The second-order valence-electron chi connectivity index (χ2n) is 4.51. The Morgan fingerprint density at radius 2 is 1.72 bits per heavy atom. The van der Waals surface area contributed by atoms with E-state index in [-0.39, 0.29) is 0 Å². The second-order valence-corrected chi connectivity index (χ2v) is 4.51. The van der Waals surface area contributed by atoms with Crippen LogP contribution in [0.3, 0.4) is 0 Å². The third kappa shape index (κ3) is 1.90. The van der Waals surface area contributed by atoms with Gasteiger partial charge in [-0.25, -0.2) is 4.98 Å². The first-order valence-electron chi connectivity index (χ1n) is 6.38. The molecular formula is C16H16N2. The zero-order chi connectivity index (χ0) is 12.4. The molecule has 0 aliphatic rings. The van der Waals surface area contributed by atoms with Crippen LogP contribution in [-0.4, -0.2) is 9.97 Å². The largest absolute Gasteiger partial charge is 0.341 e. The fourth-order valence-corrected chi connectivity index (χ4v) is 2.41. The molecule has 90 valence electrons. The van der Waals surface area contributed by atoms with Gasteiger partial charge in [0.05, 0.1) is 11.0 Å². The lowest BCUT2D eigenvalue weighted by atomic mass is 9.96. The maximum atomic E-state index is 4.70. The van der Waals surface area contributed by atoms with Crippen molar-refractivity contribution in [1.82, 2.24) is 9.97 Å². The number of aromatic amines is 1. The van der Waals surface area contributed by atoms with E-state index in [0.717, 1.165) is 23.3 Å². The van der Waals surface area contributed by atoms with Crippen molar-refractivity contribution in [3.63, 3.8) is 0 Å². The van der Waals surface area contributed by atoms with Crippen molar-refractivity contribution < 1.29 is 0 Å². The fraction of sp³-hybridized carbons (Fsp3) is 0.188. The lowest BCUT2D eigenvalue weighted by Gasteiger charge is -2.12. The highest BCUT2D eigenvalue weighted by Gasteiger charge is 2.15. The van der Waals surface area contributed by atoms with Crippen LogP contribution in [0, 0.1) is 0 Å². The second kappa shape index (κ2) is 4.65. The Balaban J connectivity index is 2.06. The summed E-state index contributed by atoms with van der Waals surface area (Å²) in [6.45, 7) is 2.20. The van der Waals surface area contributed by atoms with Gasteiger partial charge in [0.1, 0.15) is 5.82 Å². The van der Waals surface area contributed by atoms with E-state index >= 15 is 0 Å². The van der Waals surface area contributed by atoms with Crippen molar-refractivity contribution in [3.05, 3.63) is 66.0 Å². The fourth-order valence-electron chi connectivity index (χ4n) is 2.41. The van der Waals surface area contributed by atoms with Crippen LogP contribution in [0.5, 0.6) is 0 Å². The van der Waals surface area contributed by atoms with Gasteiger partial charge in [-0.05, 0) is 24.1 Å². The summed E-state index contributed by atoms with van der Waals surface area (Å²) in [4.78, 5) is 8.14. The molecule has 1 aromatic heterocycles. The van der Waals surface area contributed by atoms with Crippen LogP contribution in [0.4, 0.5) is 0 Å². The quantitative estimate of drug-likeness (QED) is 0.728. The van der Waals surface area contributed by atoms with Crippen LogP contribution in [0.25, 0.3) is 11.0 Å². The highest BCUT2D eigenvalue weighted by atomic mass is 14.9. The number of para-hydroxylation sites is 2. The van der Waals surface area contributed by atoms with Crippen LogP contribution < -0.4 is 0 Å². The predicted octanol–water partition coefficient (Wildman–Crippen LogP) is 4.10. The average molecular weight is 236 g/mol. The van der Waals surface area contributed by atoms with Crippen LogP contribution in [0.1, 0.15) is 30.7 Å². The Hall–Kier alpha value is -2.09. The molecule has 1 N–H and O–H groups in total. The molecule has 0 aliphatic heterocycles. The van der Waals surface area contributed by atoms with E-state index in [2.05, 4.69) is 48.3 Å². The lowest BCUT2D eigenvalue weighted by molar-refractivity contribution is 0.732. The SMILES string of the molecule is CC[C@H](c1ccccc1)c1nc2ccccc2[nH]1. The van der Waals surface area contributed by atoms with Gasteiger partial charge in [-0.15, -0.1) is 0 Å². The molecule has 2 aromatic carbocycles. The standard InChI is InChI=1S/C16H16N2/c1-2-13(12-8-4-3-5-9-12)16-17-14-10-6-7-11-15(14)18-16/h3-11,13H,2H2,1H3,(H,17,18)/t13-/m1/s1. The smallest absolute Gasteiger partial charge is 0.114 e. The summed E-state index contributed by atoms with van der Waals surface area (Å²) < 4.78 is 0. The molecule has 0 aliphatic carbocycles. The zero-order valence-corrected chi connectivity index (χ0v) is 10.4. The van der Waals surface area contributed by atoms with Gasteiger partial charge in [0.25, 0.3) is 0 Å². The van der Waals surface area contributed by atoms with Gasteiger partial charge >= 0.3 is 0 Å². The first kappa shape index (κ1) is 11.0. The zero-order valence-electron chi connectivity index (χ0n) is 10.4. The third-order valence-electron chi connectivity index (χ3n) is 3.35. The first-order valence-corrected chi connectivity index (χ1v) is 6.38. The van der Waals surface area contributed by atoms with Gasteiger partial charge in [0.2, 0.25) is 0 Å². The molecule has 18 heavy (non-hydrogen) atoms. The summed E-state index contributed by atoms with van der Waals surface area (Å²) in [5, 5.41) is 0. The Kier molecular flexibility index (Phi) is 2.85. The normalized spacial score (nSPS) is 12.7. The van der Waals surface area contributed by atoms with Crippen molar-refractivity contribution >= 4 is 11.0 Å². The Morgan fingerprint density at radius 1 is 1.00 bits per heavy atom. The summed E-state index contributed by atoms with van der Waals surface area (Å²) in [6.07, 6.45) is 1.05. The van der Waals surface area contributed by atoms with E-state index in [1.165, 1.54) is 5.56 Å². The number of H-pyrrole nitrogens is 1. The van der Waals surface area contributed by atoms with E-state index in [0.29, 0.717) is 5.92 Å². The van der Waals surface area contributed by atoms with Crippen molar-refractivity contribution in [3.8, 4) is 0 Å². The summed E-state index contributed by atoms with van der Waals surface area (Å²) in [7, 11) is 0. The highest BCUT2D eigenvalue weighted by Crippen LogP contribution is 2.27. The summed E-state index contributed by atoms with van der Waals surface area (Å²) >= 11 is 0. The van der Waals surface area contributed by atoms with Gasteiger partial charge < -0.3 is 4.98 Å². The molecule has 0 saturated heterocycles. The van der Waals surface area contributed by atoms with Gasteiger partial charge in [-0.1, -0.05) is 49.4 Å². The van der Waals surface area contributed by atoms with Crippen LogP contribution in [0.15, 0.2) is 54.6 Å². The van der Waals surface area contributed by atoms with Gasteiger partial charge in [0.15, 0.2) is 0 Å². The number of hydrogen-bond donors (Lipinski definition) is 1. The van der Waals surface area contributed by atoms with E-state index in [4.69, 9.17) is 4.98 Å². The molecule has 0 spiro atoms. The number of nitrogens with one attached hydrogen (secondary N) is 1. The first-order chi connectivity index (χ1) is 8.88. The van der Waals surface area contributed by atoms with Gasteiger partial charge in [0, 0.05) is 5.92 Å². The molecule has 1 heterocycles. The molecule has 0 radical (unpaired) electrons. The molecule has 3 aromatic rings. The Labute approximate surface area is 107 Å². The molecule has 0 amide bonds. The Bertz CT molecular complexity index is 607. The minimum absolute atomic E-state index is 0.346. The lowest BCUT2D eigenvalue weighted by Crippen LogP contribution is -2.01. The van der Waals surface area contributed by atoms with E-state index in [9.17, 15) is 0 Å². The molecular weight excluding hydrogens is 220 g/mol. The number of aromatic nitrogens is 2. The topological polar surface area (TPSA) is 28.7 Å². The molecule has 2 heteroatoms. The molecule has 0 fully saturated rings. The molecule has 3 rings (SSSR count). The number of nitrogens with zero attached hydrogens (tertiary/aromatic N) is 1. The van der Waals surface area contributed by atoms with Gasteiger partial charge in [-0.3, -0.25) is 0 Å². The van der Waals surface area contributed by atoms with Gasteiger partial charge in [-0.2, -0.15) is 0 Å². The molecule has 0 saturated carbocycles. The van der Waals surface area contributed by atoms with E-state index < -0.39 is 0 Å². The maximum Gasteiger partial charge on any atom is 0.114 e. The maximum absolute atomic E-state index is 4.70. The van der Waals surface area contributed by atoms with E-state index in [1.54, 1.807) is 0 Å². The van der Waals surface area contributed by atoms with Crippen LogP contribution in [-0.2, 0) is 0 Å². The molecule has 0 unspecified atom stereocenters. The third-order valence-corrected chi connectivity index (χ3v) is 3.35. The number of benzene rings is 2. The number of rotatable bonds is 3. The predicted molar refractivity (Wildman–Crippen MR) is 74.7 cm³/mol. The summed E-state index contributed by atoms with van der Waals surface area (Å²) in [5.41, 5.74) is 3.47. The summed E-state index contributed by atoms with van der Waals surface area (Å²) in [5.74, 6) is 1.41. The molecule has 0 bridgehead atoms. The van der Waals surface area contributed by atoms with Crippen molar-refractivity contribution in [2.45, 2.75) is 19.3 Å². The number of hydrogen-bond acceptors (Lipinski definition) is 1. The molecule has 2 nitrogen and oxygen atoms in total. The minimum Gasteiger partial charge on any atom is -0.341 e. The Morgan fingerprint density at radius 3 is 2.44 bits per heavy atom. The average Bonchev–Trinajstić information content (AvgIpc) is 2.84. The molecule has 1 atom stereocenters. The minimum atomic E-state index is 0.346. The van der Waals surface area contributed by atoms with E-state index in [1.807, 2.05) is 18.2 Å². The van der Waals surface area contributed by atoms with Crippen molar-refractivity contribution in [2.75, 3.05) is 0 Å². The number of imidazole rings is 1. The highest BCUT2D eigenvalue weighted by molar-refractivity contribution is 5.75.